The molecule has 1 amide bonds. The summed E-state index contributed by atoms with van der Waals surface area (Å²) in [6.45, 7) is 1.82. The van der Waals surface area contributed by atoms with E-state index in [4.69, 9.17) is 9.72 Å². The van der Waals surface area contributed by atoms with E-state index in [1.807, 2.05) is 0 Å². The van der Waals surface area contributed by atoms with Gasteiger partial charge >= 0.3 is 0 Å². The summed E-state index contributed by atoms with van der Waals surface area (Å²) in [6.07, 6.45) is 4.66. The molecule has 0 radical (unpaired) electrons. The molecule has 1 aromatic heterocycles. The summed E-state index contributed by atoms with van der Waals surface area (Å²) in [4.78, 5) is 23.7. The fourth-order valence-corrected chi connectivity index (χ4v) is 4.05. The maximum absolute atomic E-state index is 13.8. The van der Waals surface area contributed by atoms with Crippen molar-refractivity contribution in [2.75, 3.05) is 18.0 Å². The van der Waals surface area contributed by atoms with Crippen LogP contribution in [0, 0.1) is 11.6 Å². The number of piperidine rings is 1. The van der Waals surface area contributed by atoms with Crippen LogP contribution >= 0.6 is 0 Å². The second kappa shape index (κ2) is 6.39. The molecule has 5 rings (SSSR count). The molecule has 1 saturated carbocycles. The molecule has 1 saturated heterocycles. The number of hydrogen-bond acceptors (Lipinski definition) is 5. The number of rotatable bonds is 3. The summed E-state index contributed by atoms with van der Waals surface area (Å²) < 4.78 is 32.5. The molecule has 3 heterocycles. The van der Waals surface area contributed by atoms with Gasteiger partial charge in [0, 0.05) is 32.0 Å². The van der Waals surface area contributed by atoms with Gasteiger partial charge in [-0.3, -0.25) is 9.78 Å². The number of anilines is 1. The number of ether oxygens (including phenoxy) is 1. The fourth-order valence-electron chi connectivity index (χ4n) is 4.05. The normalized spacial score (nSPS) is 20.6. The highest BCUT2D eigenvalue weighted by atomic mass is 19.1. The van der Waals surface area contributed by atoms with Gasteiger partial charge in [0.15, 0.2) is 11.6 Å². The predicted octanol–water partition coefficient (Wildman–Crippen LogP) is 2.46. The number of fused-ring (bicyclic) bond motifs is 2. The van der Waals surface area contributed by atoms with Gasteiger partial charge in [-0.05, 0) is 25.0 Å². The van der Waals surface area contributed by atoms with E-state index >= 15 is 0 Å². The first-order valence-corrected chi connectivity index (χ1v) is 9.56. The van der Waals surface area contributed by atoms with Crippen molar-refractivity contribution in [1.29, 1.82) is 0 Å². The summed E-state index contributed by atoms with van der Waals surface area (Å²) in [6, 6.07) is 3.35. The Morgan fingerprint density at radius 2 is 2.00 bits per heavy atom. The average Bonchev–Trinajstić information content (AvgIpc) is 3.50. The van der Waals surface area contributed by atoms with Crippen molar-refractivity contribution < 1.29 is 18.3 Å². The Bertz CT molecular complexity index is 940. The molecule has 2 aromatic rings. The third-order valence-electron chi connectivity index (χ3n) is 5.84. The van der Waals surface area contributed by atoms with Crippen LogP contribution in [-0.4, -0.2) is 35.1 Å². The number of carbonyl (C=O) groups excluding carboxylic acids is 1. The predicted molar refractivity (Wildman–Crippen MR) is 97.0 cm³/mol. The lowest BCUT2D eigenvalue weighted by atomic mass is 9.95. The van der Waals surface area contributed by atoms with E-state index in [1.165, 1.54) is 12.1 Å². The number of aromatic nitrogens is 2. The molecule has 28 heavy (non-hydrogen) atoms. The van der Waals surface area contributed by atoms with Gasteiger partial charge in [-0.2, -0.15) is 0 Å². The number of nitrogens with zero attached hydrogens (tertiary/aromatic N) is 3. The Morgan fingerprint density at radius 3 is 2.71 bits per heavy atom. The van der Waals surface area contributed by atoms with Gasteiger partial charge in [0.05, 0.1) is 29.5 Å². The van der Waals surface area contributed by atoms with E-state index in [2.05, 4.69) is 15.2 Å². The number of carbonyl (C=O) groups is 1. The van der Waals surface area contributed by atoms with Gasteiger partial charge in [-0.25, -0.2) is 13.8 Å². The van der Waals surface area contributed by atoms with Crippen LogP contribution in [0.1, 0.15) is 37.1 Å². The van der Waals surface area contributed by atoms with Crippen LogP contribution < -0.4 is 15.0 Å². The second-order valence-corrected chi connectivity index (χ2v) is 7.67. The first kappa shape index (κ1) is 17.3. The van der Waals surface area contributed by atoms with Crippen LogP contribution in [0.3, 0.4) is 0 Å². The van der Waals surface area contributed by atoms with E-state index in [0.29, 0.717) is 32.5 Å². The summed E-state index contributed by atoms with van der Waals surface area (Å²) in [7, 11) is 0. The molecule has 3 aliphatic rings. The molecule has 1 spiro atoms. The third kappa shape index (κ3) is 2.87. The molecule has 146 valence electrons. The highest BCUT2D eigenvalue weighted by molar-refractivity contribution is 5.92. The maximum Gasteiger partial charge on any atom is 0.232 e. The van der Waals surface area contributed by atoms with Crippen molar-refractivity contribution in [2.45, 2.75) is 43.7 Å². The zero-order chi connectivity index (χ0) is 19.3. The SMILES string of the molecule is O=C1NCc2ncc(N3CCC(Oc4ccc(F)cc4F)CC3)nc2C12CC2. The summed E-state index contributed by atoms with van der Waals surface area (Å²) >= 11 is 0. The molecule has 2 fully saturated rings. The Hall–Kier alpha value is -2.77. The van der Waals surface area contributed by atoms with Crippen molar-refractivity contribution in [3.63, 3.8) is 0 Å². The molecule has 0 unspecified atom stereocenters. The minimum Gasteiger partial charge on any atom is -0.487 e. The summed E-state index contributed by atoms with van der Waals surface area (Å²) in [5.74, 6) is -0.398. The van der Waals surface area contributed by atoms with Crippen LogP contribution in [0.2, 0.25) is 0 Å². The topological polar surface area (TPSA) is 67.4 Å². The van der Waals surface area contributed by atoms with Crippen LogP contribution in [-0.2, 0) is 16.8 Å². The minimum absolute atomic E-state index is 0.0554. The smallest absolute Gasteiger partial charge is 0.232 e. The molecule has 2 aliphatic heterocycles. The number of benzene rings is 1. The summed E-state index contributed by atoms with van der Waals surface area (Å²) in [5, 5.41) is 2.90. The Balaban J connectivity index is 1.27. The van der Waals surface area contributed by atoms with Gasteiger partial charge in [-0.1, -0.05) is 0 Å². The van der Waals surface area contributed by atoms with Crippen molar-refractivity contribution >= 4 is 11.7 Å². The molecular formula is C20H20F2N4O2. The zero-order valence-electron chi connectivity index (χ0n) is 15.3. The van der Waals surface area contributed by atoms with Crippen molar-refractivity contribution in [1.82, 2.24) is 15.3 Å². The van der Waals surface area contributed by atoms with Crippen LogP contribution in [0.25, 0.3) is 0 Å². The summed E-state index contributed by atoms with van der Waals surface area (Å²) in [5.41, 5.74) is 1.20. The lowest BCUT2D eigenvalue weighted by Gasteiger charge is -2.34. The molecule has 1 N–H and O–H groups in total. The zero-order valence-corrected chi connectivity index (χ0v) is 15.3. The lowest BCUT2D eigenvalue weighted by Crippen LogP contribution is -2.42. The molecule has 1 aromatic carbocycles. The fraction of sp³-hybridized carbons (Fsp3) is 0.450. The molecule has 1 aliphatic carbocycles. The minimum atomic E-state index is -0.684. The van der Waals surface area contributed by atoms with E-state index in [0.717, 1.165) is 36.1 Å². The number of nitrogens with one attached hydrogen (secondary N) is 1. The quantitative estimate of drug-likeness (QED) is 0.878. The molecular weight excluding hydrogens is 366 g/mol. The first-order chi connectivity index (χ1) is 13.5. The Morgan fingerprint density at radius 1 is 1.21 bits per heavy atom. The number of halogens is 2. The van der Waals surface area contributed by atoms with Crippen LogP contribution in [0.4, 0.5) is 14.6 Å². The van der Waals surface area contributed by atoms with Gasteiger partial charge < -0.3 is 15.0 Å². The molecule has 0 bridgehead atoms. The van der Waals surface area contributed by atoms with Crippen LogP contribution in [0.5, 0.6) is 5.75 Å². The van der Waals surface area contributed by atoms with E-state index in [1.54, 1.807) is 6.20 Å². The third-order valence-corrected chi connectivity index (χ3v) is 5.84. The molecule has 6 nitrogen and oxygen atoms in total. The Kier molecular flexibility index (Phi) is 3.96. The van der Waals surface area contributed by atoms with E-state index in [-0.39, 0.29) is 17.8 Å². The monoisotopic (exact) mass is 386 g/mol. The standard InChI is InChI=1S/C20H20F2N4O2/c21-12-1-2-16(14(22)9-12)28-13-3-7-26(8-4-13)17-11-23-15-10-24-19(27)20(5-6-20)18(15)25-17/h1-2,9,11,13H,3-8,10H2,(H,24,27). The lowest BCUT2D eigenvalue weighted by molar-refractivity contribution is -0.124. The van der Waals surface area contributed by atoms with Gasteiger partial charge in [-0.15, -0.1) is 0 Å². The second-order valence-electron chi connectivity index (χ2n) is 7.67. The molecule has 8 heteroatoms. The van der Waals surface area contributed by atoms with Crippen molar-refractivity contribution in [3.8, 4) is 5.75 Å². The highest BCUT2D eigenvalue weighted by Gasteiger charge is 2.56. The number of amides is 1. The average molecular weight is 386 g/mol. The van der Waals surface area contributed by atoms with Crippen LogP contribution in [0.15, 0.2) is 24.4 Å². The Labute approximate surface area is 160 Å². The van der Waals surface area contributed by atoms with E-state index in [9.17, 15) is 13.6 Å². The largest absolute Gasteiger partial charge is 0.487 e. The molecule has 0 atom stereocenters. The van der Waals surface area contributed by atoms with Crippen molar-refractivity contribution in [2.24, 2.45) is 0 Å². The van der Waals surface area contributed by atoms with E-state index < -0.39 is 17.0 Å². The van der Waals surface area contributed by atoms with Crippen molar-refractivity contribution in [3.05, 3.63) is 47.4 Å². The maximum atomic E-state index is 13.8. The van der Waals surface area contributed by atoms with Gasteiger partial charge in [0.1, 0.15) is 17.7 Å². The van der Waals surface area contributed by atoms with Gasteiger partial charge in [0.2, 0.25) is 5.91 Å². The number of hydrogen-bond donors (Lipinski definition) is 1. The first-order valence-electron chi connectivity index (χ1n) is 9.56. The highest BCUT2D eigenvalue weighted by Crippen LogP contribution is 2.50. The van der Waals surface area contributed by atoms with Gasteiger partial charge in [0.25, 0.3) is 0 Å².